The average molecular weight is 322 g/mol. The third kappa shape index (κ3) is 2.03. The molecule has 0 N–H and O–H groups in total. The van der Waals surface area contributed by atoms with Crippen LogP contribution >= 0.6 is 34.5 Å². The van der Waals surface area contributed by atoms with Crippen molar-refractivity contribution in [3.8, 4) is 0 Å². The molecule has 0 saturated heterocycles. The summed E-state index contributed by atoms with van der Waals surface area (Å²) >= 11 is 3.69. The van der Waals surface area contributed by atoms with Crippen molar-refractivity contribution in [2.24, 2.45) is 4.40 Å². The Morgan fingerprint density at radius 1 is 1.50 bits per heavy atom. The van der Waals surface area contributed by atoms with Gasteiger partial charge in [0.2, 0.25) is 0 Å². The molecule has 1 aromatic carbocycles. The Labute approximate surface area is 99.9 Å². The molecule has 0 aliphatic carbocycles. The second-order valence-electron chi connectivity index (χ2n) is 2.81. The van der Waals surface area contributed by atoms with Crippen LogP contribution in [0.4, 0.5) is 10.1 Å². The van der Waals surface area contributed by atoms with Crippen LogP contribution < -0.4 is 4.90 Å². The maximum absolute atomic E-state index is 12.2. The van der Waals surface area contributed by atoms with Crippen LogP contribution in [0, 0.1) is 3.57 Å². The number of fused-ring (bicyclic) bond motifs is 1. The lowest BCUT2D eigenvalue weighted by Crippen LogP contribution is -2.25. The predicted molar refractivity (Wildman–Crippen MR) is 66.8 cm³/mol. The fraction of sp³-hybridized carbons (Fsp3) is 0.222. The normalized spacial score (nSPS) is 14.3. The van der Waals surface area contributed by atoms with Gasteiger partial charge in [0, 0.05) is 15.5 Å². The Kier molecular flexibility index (Phi) is 3.27. The number of halogens is 2. The zero-order chi connectivity index (χ0) is 9.97. The zero-order valence-electron chi connectivity index (χ0n) is 7.28. The molecule has 14 heavy (non-hydrogen) atoms. The van der Waals surface area contributed by atoms with Crippen molar-refractivity contribution in [3.05, 3.63) is 21.8 Å². The van der Waals surface area contributed by atoms with E-state index in [-0.39, 0.29) is 6.67 Å². The van der Waals surface area contributed by atoms with E-state index in [0.29, 0.717) is 6.54 Å². The van der Waals surface area contributed by atoms with Crippen LogP contribution in [-0.4, -0.2) is 19.6 Å². The van der Waals surface area contributed by atoms with Gasteiger partial charge >= 0.3 is 0 Å². The van der Waals surface area contributed by atoms with Crippen molar-refractivity contribution in [2.45, 2.75) is 4.90 Å². The molecule has 0 radical (unpaired) electrons. The second-order valence-corrected chi connectivity index (χ2v) is 4.89. The van der Waals surface area contributed by atoms with Gasteiger partial charge in [0.05, 0.1) is 17.1 Å². The maximum Gasteiger partial charge on any atom is 0.107 e. The molecule has 5 heteroatoms. The fourth-order valence-electron chi connectivity index (χ4n) is 1.27. The smallest absolute Gasteiger partial charge is 0.107 e. The van der Waals surface area contributed by atoms with Gasteiger partial charge in [-0.2, -0.15) is 0 Å². The predicted octanol–water partition coefficient (Wildman–Crippen LogP) is 3.12. The topological polar surface area (TPSA) is 15.6 Å². The van der Waals surface area contributed by atoms with E-state index in [1.165, 1.54) is 15.5 Å². The Morgan fingerprint density at radius 3 is 3.14 bits per heavy atom. The molecule has 1 heterocycles. The van der Waals surface area contributed by atoms with Gasteiger partial charge in [-0.05, 0) is 40.8 Å². The van der Waals surface area contributed by atoms with Crippen molar-refractivity contribution >= 4 is 46.6 Å². The van der Waals surface area contributed by atoms with Gasteiger partial charge in [-0.25, -0.2) is 8.79 Å². The number of nitrogens with zero attached hydrogens (tertiary/aromatic N) is 2. The van der Waals surface area contributed by atoms with Crippen molar-refractivity contribution in [1.29, 1.82) is 0 Å². The van der Waals surface area contributed by atoms with Gasteiger partial charge in [-0.3, -0.25) is 0 Å². The SMILES string of the molecule is FCCN1C=NSc2cc(I)ccc21. The highest BCUT2D eigenvalue weighted by Gasteiger charge is 2.14. The molecule has 0 saturated carbocycles. The van der Waals surface area contributed by atoms with Crippen LogP contribution in [0.25, 0.3) is 0 Å². The summed E-state index contributed by atoms with van der Waals surface area (Å²) < 4.78 is 17.5. The van der Waals surface area contributed by atoms with E-state index in [0.717, 1.165) is 10.6 Å². The summed E-state index contributed by atoms with van der Waals surface area (Å²) in [7, 11) is 0. The fourth-order valence-corrected chi connectivity index (χ4v) is 2.70. The Hall–Kier alpha value is -0.300. The molecule has 1 aliphatic rings. The van der Waals surface area contributed by atoms with Gasteiger partial charge in [0.25, 0.3) is 0 Å². The van der Waals surface area contributed by atoms with Crippen LogP contribution in [0.1, 0.15) is 0 Å². The quantitative estimate of drug-likeness (QED) is 0.614. The summed E-state index contributed by atoms with van der Waals surface area (Å²) in [6.45, 7) is 0.0137. The molecule has 1 aliphatic heterocycles. The summed E-state index contributed by atoms with van der Waals surface area (Å²) in [5.74, 6) is 0. The van der Waals surface area contributed by atoms with Crippen LogP contribution in [0.3, 0.4) is 0 Å². The number of hydrogen-bond acceptors (Lipinski definition) is 3. The lowest BCUT2D eigenvalue weighted by molar-refractivity contribution is 0.503. The summed E-state index contributed by atoms with van der Waals surface area (Å²) in [6, 6.07) is 6.08. The third-order valence-electron chi connectivity index (χ3n) is 1.89. The Morgan fingerprint density at radius 2 is 2.36 bits per heavy atom. The molecule has 1 aromatic rings. The van der Waals surface area contributed by atoms with E-state index in [1.54, 1.807) is 6.34 Å². The standard InChI is InChI=1S/C9H8FIN2S/c10-3-4-13-6-12-14-9-5-7(11)1-2-8(9)13/h1-2,5-6H,3-4H2. The molecule has 0 amide bonds. The van der Waals surface area contributed by atoms with Crippen LogP contribution in [0.5, 0.6) is 0 Å². The third-order valence-corrected chi connectivity index (χ3v) is 3.29. The number of benzene rings is 1. The number of alkyl halides is 1. The number of rotatable bonds is 2. The van der Waals surface area contributed by atoms with E-state index in [2.05, 4.69) is 33.1 Å². The lowest BCUT2D eigenvalue weighted by Gasteiger charge is -2.23. The van der Waals surface area contributed by atoms with Crippen molar-refractivity contribution in [3.63, 3.8) is 0 Å². The molecule has 0 fully saturated rings. The van der Waals surface area contributed by atoms with E-state index >= 15 is 0 Å². The maximum atomic E-state index is 12.2. The highest BCUT2D eigenvalue weighted by Crippen LogP contribution is 2.34. The first-order valence-electron chi connectivity index (χ1n) is 4.14. The first kappa shape index (κ1) is 10.2. The van der Waals surface area contributed by atoms with Gasteiger partial charge in [-0.1, -0.05) is 0 Å². The number of hydrogen-bond donors (Lipinski definition) is 0. The van der Waals surface area contributed by atoms with Crippen LogP contribution in [-0.2, 0) is 0 Å². The summed E-state index contributed by atoms with van der Waals surface area (Å²) in [5.41, 5.74) is 1.04. The molecule has 0 bridgehead atoms. The van der Waals surface area contributed by atoms with Crippen molar-refractivity contribution < 1.29 is 4.39 Å². The van der Waals surface area contributed by atoms with Gasteiger partial charge in [0.1, 0.15) is 13.0 Å². The van der Waals surface area contributed by atoms with E-state index in [4.69, 9.17) is 0 Å². The Bertz CT molecular complexity index is 370. The summed E-state index contributed by atoms with van der Waals surface area (Å²) in [5, 5.41) is 0. The molecule has 74 valence electrons. The molecule has 0 unspecified atom stereocenters. The van der Waals surface area contributed by atoms with E-state index < -0.39 is 0 Å². The molecule has 0 spiro atoms. The zero-order valence-corrected chi connectivity index (χ0v) is 10.3. The molecule has 0 aromatic heterocycles. The second kappa shape index (κ2) is 4.48. The first-order valence-corrected chi connectivity index (χ1v) is 5.99. The van der Waals surface area contributed by atoms with Gasteiger partial charge in [-0.15, -0.1) is 0 Å². The first-order chi connectivity index (χ1) is 6.81. The van der Waals surface area contributed by atoms with Crippen molar-refractivity contribution in [2.75, 3.05) is 18.1 Å². The molecule has 0 atom stereocenters. The highest BCUT2D eigenvalue weighted by molar-refractivity contribution is 14.1. The van der Waals surface area contributed by atoms with Gasteiger partial charge < -0.3 is 4.90 Å². The Balaban J connectivity index is 2.34. The average Bonchev–Trinajstić information content (AvgIpc) is 2.18. The van der Waals surface area contributed by atoms with Gasteiger partial charge in [0.15, 0.2) is 0 Å². The van der Waals surface area contributed by atoms with Crippen molar-refractivity contribution in [1.82, 2.24) is 0 Å². The monoisotopic (exact) mass is 322 g/mol. The van der Waals surface area contributed by atoms with E-state index in [9.17, 15) is 4.39 Å². The minimum atomic E-state index is -0.359. The summed E-state index contributed by atoms with van der Waals surface area (Å²) in [4.78, 5) is 2.93. The number of anilines is 1. The molecule has 2 nitrogen and oxygen atoms in total. The van der Waals surface area contributed by atoms with Crippen LogP contribution in [0.15, 0.2) is 27.5 Å². The minimum Gasteiger partial charge on any atom is -0.328 e. The molecule has 2 rings (SSSR count). The highest BCUT2D eigenvalue weighted by atomic mass is 127. The largest absolute Gasteiger partial charge is 0.328 e. The van der Waals surface area contributed by atoms with E-state index in [1.807, 2.05) is 17.0 Å². The molecular formula is C9H8FIN2S. The minimum absolute atomic E-state index is 0.359. The summed E-state index contributed by atoms with van der Waals surface area (Å²) in [6.07, 6.45) is 1.68. The molecular weight excluding hydrogens is 314 g/mol. The lowest BCUT2D eigenvalue weighted by atomic mass is 10.3. The van der Waals surface area contributed by atoms with Crippen LogP contribution in [0.2, 0.25) is 0 Å².